The number of rotatable bonds is 13. The zero-order valence-electron chi connectivity index (χ0n) is 22.3. The number of ether oxygens (including phenoxy) is 1. The first-order chi connectivity index (χ1) is 18.4. The van der Waals surface area contributed by atoms with Gasteiger partial charge in [-0.1, -0.05) is 30.3 Å². The highest BCUT2D eigenvalue weighted by Crippen LogP contribution is 2.26. The van der Waals surface area contributed by atoms with Crippen LogP contribution in [-0.4, -0.2) is 72.9 Å². The molecule has 9 nitrogen and oxygen atoms in total. The Bertz CT molecular complexity index is 1410. The molecule has 0 aliphatic rings. The van der Waals surface area contributed by atoms with Crippen molar-refractivity contribution >= 4 is 33.1 Å². The standard InChI is InChI=1S/C27H32FN3O6S2/c1-18-25(23(32)17-39(35,36)30(2)3)29-24(38-18)16-31(14-8-11-19-9-6-5-7-10-19)27(34)26(33)21-13-12-20(37-4)15-22(21)28/h5-7,9-10,12-13,15,26,33H,8,11,14,16-17H2,1-4H3. The zero-order chi connectivity index (χ0) is 28.7. The maximum Gasteiger partial charge on any atom is 0.256 e. The molecular formula is C27H32FN3O6S2. The first kappa shape index (κ1) is 30.4. The van der Waals surface area contributed by atoms with Gasteiger partial charge in [-0.3, -0.25) is 9.59 Å². The number of hydrogen-bond acceptors (Lipinski definition) is 8. The number of aliphatic hydroxyl groups excluding tert-OH is 1. The molecule has 0 saturated carbocycles. The summed E-state index contributed by atoms with van der Waals surface area (Å²) in [6.45, 7) is 1.85. The van der Waals surface area contributed by atoms with E-state index in [9.17, 15) is 27.5 Å². The molecule has 1 unspecified atom stereocenters. The molecule has 1 amide bonds. The van der Waals surface area contributed by atoms with Crippen molar-refractivity contribution in [2.45, 2.75) is 32.4 Å². The number of carbonyl (C=O) groups excluding carboxylic acids is 2. The van der Waals surface area contributed by atoms with Gasteiger partial charge >= 0.3 is 0 Å². The molecule has 0 saturated heterocycles. The molecule has 1 aromatic heterocycles. The van der Waals surface area contributed by atoms with Gasteiger partial charge in [0.25, 0.3) is 5.91 Å². The molecule has 3 rings (SSSR count). The monoisotopic (exact) mass is 577 g/mol. The van der Waals surface area contributed by atoms with Gasteiger partial charge in [0.15, 0.2) is 11.9 Å². The van der Waals surface area contributed by atoms with Crippen LogP contribution in [0.25, 0.3) is 0 Å². The van der Waals surface area contributed by atoms with E-state index in [1.54, 1.807) is 6.92 Å². The molecule has 39 heavy (non-hydrogen) atoms. The van der Waals surface area contributed by atoms with E-state index < -0.39 is 39.4 Å². The van der Waals surface area contributed by atoms with Gasteiger partial charge in [-0.05, 0) is 37.5 Å². The number of hydrogen-bond donors (Lipinski definition) is 1. The Hall–Kier alpha value is -3.19. The molecule has 1 N–H and O–H groups in total. The molecule has 0 aliphatic heterocycles. The number of nitrogens with zero attached hydrogens (tertiary/aromatic N) is 3. The Morgan fingerprint density at radius 2 is 1.85 bits per heavy atom. The minimum absolute atomic E-state index is 0.0267. The lowest BCUT2D eigenvalue weighted by Gasteiger charge is -2.25. The van der Waals surface area contributed by atoms with Gasteiger partial charge in [-0.25, -0.2) is 22.1 Å². The predicted molar refractivity (Wildman–Crippen MR) is 147 cm³/mol. The van der Waals surface area contributed by atoms with Gasteiger partial charge < -0.3 is 14.7 Å². The van der Waals surface area contributed by atoms with Crippen LogP contribution in [0.3, 0.4) is 0 Å². The fraction of sp³-hybridized carbons (Fsp3) is 0.370. The maximum absolute atomic E-state index is 14.6. The van der Waals surface area contributed by atoms with Gasteiger partial charge in [0.05, 0.1) is 13.7 Å². The van der Waals surface area contributed by atoms with E-state index in [4.69, 9.17) is 4.74 Å². The summed E-state index contributed by atoms with van der Waals surface area (Å²) in [6, 6.07) is 13.5. The second-order valence-corrected chi connectivity index (χ2v) is 12.6. The van der Waals surface area contributed by atoms with Crippen LogP contribution in [0, 0.1) is 12.7 Å². The van der Waals surface area contributed by atoms with E-state index in [0.717, 1.165) is 27.3 Å². The van der Waals surface area contributed by atoms with E-state index >= 15 is 0 Å². The smallest absolute Gasteiger partial charge is 0.256 e. The molecule has 1 heterocycles. The van der Waals surface area contributed by atoms with E-state index in [0.29, 0.717) is 22.7 Å². The van der Waals surface area contributed by atoms with Crippen molar-refractivity contribution in [2.75, 3.05) is 33.5 Å². The van der Waals surface area contributed by atoms with Crippen LogP contribution < -0.4 is 4.74 Å². The van der Waals surface area contributed by atoms with Gasteiger partial charge in [-0.15, -0.1) is 11.3 Å². The van der Waals surface area contributed by atoms with Crippen molar-refractivity contribution in [2.24, 2.45) is 0 Å². The summed E-state index contributed by atoms with van der Waals surface area (Å²) in [7, 11) is 0.302. The lowest BCUT2D eigenvalue weighted by Crippen LogP contribution is -2.36. The quantitative estimate of drug-likeness (QED) is 0.310. The lowest BCUT2D eigenvalue weighted by atomic mass is 10.1. The largest absolute Gasteiger partial charge is 0.497 e. The van der Waals surface area contributed by atoms with E-state index in [1.807, 2.05) is 30.3 Å². The number of benzene rings is 2. The normalized spacial score (nSPS) is 12.4. The Labute approximate surface area is 231 Å². The summed E-state index contributed by atoms with van der Waals surface area (Å²) in [6.07, 6.45) is -0.536. The van der Waals surface area contributed by atoms with Crippen LogP contribution in [0.15, 0.2) is 48.5 Å². The summed E-state index contributed by atoms with van der Waals surface area (Å²) in [4.78, 5) is 32.3. The summed E-state index contributed by atoms with van der Waals surface area (Å²) < 4.78 is 45.0. The van der Waals surface area contributed by atoms with Crippen molar-refractivity contribution in [1.82, 2.24) is 14.2 Å². The van der Waals surface area contributed by atoms with Gasteiger partial charge in [0, 0.05) is 37.1 Å². The maximum atomic E-state index is 14.6. The van der Waals surface area contributed by atoms with Crippen molar-refractivity contribution in [3.8, 4) is 5.75 Å². The topological polar surface area (TPSA) is 117 Å². The second kappa shape index (κ2) is 13.2. The number of carbonyl (C=O) groups is 2. The third-order valence-electron chi connectivity index (χ3n) is 6.09. The summed E-state index contributed by atoms with van der Waals surface area (Å²) in [5.74, 6) is -2.62. The number of Topliss-reactive ketones (excluding diaryl/α,β-unsaturated/α-hetero) is 1. The van der Waals surface area contributed by atoms with Gasteiger partial charge in [0.1, 0.15) is 28.0 Å². The number of aryl methyl sites for hydroxylation is 2. The lowest BCUT2D eigenvalue weighted by molar-refractivity contribution is -0.141. The summed E-state index contributed by atoms with van der Waals surface area (Å²) >= 11 is 1.16. The fourth-order valence-electron chi connectivity index (χ4n) is 3.85. The molecular weight excluding hydrogens is 545 g/mol. The molecule has 2 aromatic carbocycles. The SMILES string of the molecule is COc1ccc(C(O)C(=O)N(CCCc2ccccc2)Cc2nc(C(=O)CS(=O)(=O)N(C)C)c(C)s2)c(F)c1. The molecule has 3 aromatic rings. The molecule has 0 bridgehead atoms. The highest BCUT2D eigenvalue weighted by molar-refractivity contribution is 7.89. The Morgan fingerprint density at radius 1 is 1.15 bits per heavy atom. The second-order valence-electron chi connectivity index (χ2n) is 9.11. The molecule has 0 fully saturated rings. The predicted octanol–water partition coefficient (Wildman–Crippen LogP) is 3.37. The third-order valence-corrected chi connectivity index (χ3v) is 8.78. The number of methoxy groups -OCH3 is 1. The first-order valence-electron chi connectivity index (χ1n) is 12.2. The average molecular weight is 578 g/mol. The van der Waals surface area contributed by atoms with Crippen LogP contribution >= 0.6 is 11.3 Å². The van der Waals surface area contributed by atoms with Crippen molar-refractivity contribution in [3.05, 3.63) is 81.1 Å². The van der Waals surface area contributed by atoms with Crippen molar-refractivity contribution in [3.63, 3.8) is 0 Å². The number of aliphatic hydroxyl groups is 1. The van der Waals surface area contributed by atoms with Crippen LogP contribution in [0.1, 0.15) is 44.0 Å². The molecule has 0 spiro atoms. The molecule has 1 atom stereocenters. The number of halogens is 1. The van der Waals surface area contributed by atoms with Crippen molar-refractivity contribution in [1.29, 1.82) is 0 Å². The molecule has 12 heteroatoms. The molecule has 210 valence electrons. The summed E-state index contributed by atoms with van der Waals surface area (Å²) in [5, 5.41) is 11.2. The van der Waals surface area contributed by atoms with Crippen LogP contribution in [-0.2, 0) is 27.8 Å². The number of ketones is 1. The number of thiazole rings is 1. The Kier molecular flexibility index (Phi) is 10.3. The molecule has 0 radical (unpaired) electrons. The highest BCUT2D eigenvalue weighted by Gasteiger charge is 2.29. The fourth-order valence-corrected chi connectivity index (χ4v) is 5.55. The number of sulfonamides is 1. The Morgan fingerprint density at radius 3 is 2.46 bits per heavy atom. The van der Waals surface area contributed by atoms with Gasteiger partial charge in [-0.2, -0.15) is 0 Å². The highest BCUT2D eigenvalue weighted by atomic mass is 32.2. The minimum Gasteiger partial charge on any atom is -0.497 e. The van der Waals surface area contributed by atoms with E-state index in [-0.39, 0.29) is 30.1 Å². The summed E-state index contributed by atoms with van der Waals surface area (Å²) in [5.41, 5.74) is 0.916. The van der Waals surface area contributed by atoms with E-state index in [2.05, 4.69) is 4.98 Å². The minimum atomic E-state index is -3.77. The molecule has 0 aliphatic carbocycles. The van der Waals surface area contributed by atoms with E-state index in [1.165, 1.54) is 38.2 Å². The van der Waals surface area contributed by atoms with Crippen LogP contribution in [0.4, 0.5) is 4.39 Å². The van der Waals surface area contributed by atoms with Crippen LogP contribution in [0.2, 0.25) is 0 Å². The number of aromatic nitrogens is 1. The first-order valence-corrected chi connectivity index (χ1v) is 14.6. The van der Waals surface area contributed by atoms with Crippen LogP contribution in [0.5, 0.6) is 5.75 Å². The number of amides is 1. The zero-order valence-corrected chi connectivity index (χ0v) is 23.9. The van der Waals surface area contributed by atoms with Crippen molar-refractivity contribution < 1.29 is 32.2 Å². The Balaban J connectivity index is 1.83. The third kappa shape index (κ3) is 7.91. The average Bonchev–Trinajstić information content (AvgIpc) is 3.27. The van der Waals surface area contributed by atoms with Gasteiger partial charge in [0.2, 0.25) is 10.0 Å².